The van der Waals surface area contributed by atoms with Gasteiger partial charge >= 0.3 is 0 Å². The van der Waals surface area contributed by atoms with Gasteiger partial charge in [-0.1, -0.05) is 12.2 Å². The number of halogens is 1. The molecule has 88 valence electrons. The maximum atomic E-state index is 5.61. The summed E-state index contributed by atoms with van der Waals surface area (Å²) in [6, 6.07) is 3.60. The molecule has 0 atom stereocenters. The third kappa shape index (κ3) is 2.83. The van der Waals surface area contributed by atoms with E-state index in [2.05, 4.69) is 0 Å². The van der Waals surface area contributed by atoms with Gasteiger partial charge in [-0.25, -0.2) is 0 Å². The summed E-state index contributed by atoms with van der Waals surface area (Å²) < 4.78 is 15.7. The van der Waals surface area contributed by atoms with Gasteiger partial charge in [0.1, 0.15) is 17.2 Å². The molecule has 0 fully saturated rings. The van der Waals surface area contributed by atoms with Crippen molar-refractivity contribution in [1.82, 2.24) is 0 Å². The summed E-state index contributed by atoms with van der Waals surface area (Å²) in [5, 5.41) is 0. The van der Waals surface area contributed by atoms with E-state index in [4.69, 9.17) is 25.8 Å². The van der Waals surface area contributed by atoms with E-state index in [1.807, 2.05) is 12.2 Å². The Morgan fingerprint density at radius 2 is 1.62 bits per heavy atom. The summed E-state index contributed by atoms with van der Waals surface area (Å²) in [4.78, 5) is 0. The third-order valence-electron chi connectivity index (χ3n) is 2.13. The Bertz CT molecular complexity index is 350. The normalized spacial score (nSPS) is 10.5. The molecule has 0 aromatic heterocycles. The van der Waals surface area contributed by atoms with Crippen molar-refractivity contribution in [3.8, 4) is 17.2 Å². The van der Waals surface area contributed by atoms with Gasteiger partial charge in [0.05, 0.1) is 26.9 Å². The van der Waals surface area contributed by atoms with Crippen LogP contribution in [0.15, 0.2) is 18.2 Å². The van der Waals surface area contributed by atoms with Crippen LogP contribution in [0.3, 0.4) is 0 Å². The molecule has 4 heteroatoms. The van der Waals surface area contributed by atoms with E-state index in [0.717, 1.165) is 5.56 Å². The number of hydrogen-bond acceptors (Lipinski definition) is 3. The number of ether oxygens (including phenoxy) is 3. The van der Waals surface area contributed by atoms with Crippen molar-refractivity contribution in [3.05, 3.63) is 23.8 Å². The van der Waals surface area contributed by atoms with E-state index in [-0.39, 0.29) is 0 Å². The average Bonchev–Trinajstić information content (AvgIpc) is 2.35. The molecule has 1 aromatic rings. The molecule has 0 amide bonds. The smallest absolute Gasteiger partial charge is 0.133 e. The van der Waals surface area contributed by atoms with Crippen LogP contribution in [0, 0.1) is 0 Å². The van der Waals surface area contributed by atoms with Gasteiger partial charge in [0.2, 0.25) is 0 Å². The Kier molecular flexibility index (Phi) is 4.99. The van der Waals surface area contributed by atoms with Crippen molar-refractivity contribution in [2.75, 3.05) is 27.2 Å². The predicted octanol–water partition coefficient (Wildman–Crippen LogP) is 2.96. The number of allylic oxidation sites excluding steroid dienone is 1. The first-order valence-electron chi connectivity index (χ1n) is 4.79. The molecule has 1 aromatic carbocycles. The Balaban J connectivity index is 3.25. The molecule has 3 nitrogen and oxygen atoms in total. The number of benzene rings is 1. The summed E-state index contributed by atoms with van der Waals surface area (Å²) in [5.74, 6) is 2.52. The number of rotatable bonds is 5. The van der Waals surface area contributed by atoms with Gasteiger partial charge in [0.15, 0.2) is 0 Å². The van der Waals surface area contributed by atoms with E-state index in [0.29, 0.717) is 23.1 Å². The van der Waals surface area contributed by atoms with E-state index < -0.39 is 0 Å². The van der Waals surface area contributed by atoms with Crippen LogP contribution in [-0.4, -0.2) is 27.2 Å². The van der Waals surface area contributed by atoms with Crippen LogP contribution >= 0.6 is 11.6 Å². The largest absolute Gasteiger partial charge is 0.496 e. The SMILES string of the molecule is COc1cc(OC)c(C=CCCl)c(OC)c1. The zero-order chi connectivity index (χ0) is 12.0. The highest BCUT2D eigenvalue weighted by Gasteiger charge is 2.10. The molecule has 0 unspecified atom stereocenters. The van der Waals surface area contributed by atoms with Crippen LogP contribution < -0.4 is 14.2 Å². The second-order valence-corrected chi connectivity index (χ2v) is 3.31. The van der Waals surface area contributed by atoms with E-state index in [9.17, 15) is 0 Å². The monoisotopic (exact) mass is 242 g/mol. The minimum absolute atomic E-state index is 0.443. The predicted molar refractivity (Wildman–Crippen MR) is 65.9 cm³/mol. The van der Waals surface area contributed by atoms with Gasteiger partial charge in [-0.15, -0.1) is 11.6 Å². The maximum Gasteiger partial charge on any atom is 0.133 e. The van der Waals surface area contributed by atoms with Crippen LogP contribution in [0.4, 0.5) is 0 Å². The Hall–Kier alpha value is -1.35. The van der Waals surface area contributed by atoms with Crippen LogP contribution in [-0.2, 0) is 0 Å². The highest BCUT2D eigenvalue weighted by Crippen LogP contribution is 2.34. The molecule has 0 radical (unpaired) electrons. The molecule has 0 bridgehead atoms. The lowest BCUT2D eigenvalue weighted by Gasteiger charge is -2.12. The van der Waals surface area contributed by atoms with E-state index in [1.54, 1.807) is 33.5 Å². The summed E-state index contributed by atoms with van der Waals surface area (Å²) in [5.41, 5.74) is 0.853. The lowest BCUT2D eigenvalue weighted by molar-refractivity contribution is 0.374. The zero-order valence-electron chi connectivity index (χ0n) is 9.62. The minimum atomic E-state index is 0.443. The summed E-state index contributed by atoms with van der Waals surface area (Å²) in [7, 11) is 4.81. The van der Waals surface area contributed by atoms with Gasteiger partial charge in [-0.05, 0) is 0 Å². The van der Waals surface area contributed by atoms with Gasteiger partial charge < -0.3 is 14.2 Å². The summed E-state index contributed by atoms with van der Waals surface area (Å²) >= 11 is 5.61. The van der Waals surface area contributed by atoms with Crippen LogP contribution in [0.2, 0.25) is 0 Å². The lowest BCUT2D eigenvalue weighted by Crippen LogP contribution is -1.94. The van der Waals surface area contributed by atoms with Crippen molar-refractivity contribution in [2.45, 2.75) is 0 Å². The topological polar surface area (TPSA) is 27.7 Å². The molecular formula is C12H15ClO3. The van der Waals surface area contributed by atoms with Gasteiger partial charge in [0, 0.05) is 18.0 Å². The van der Waals surface area contributed by atoms with Gasteiger partial charge in [-0.2, -0.15) is 0 Å². The lowest BCUT2D eigenvalue weighted by atomic mass is 10.1. The van der Waals surface area contributed by atoms with Crippen molar-refractivity contribution in [2.24, 2.45) is 0 Å². The molecule has 16 heavy (non-hydrogen) atoms. The van der Waals surface area contributed by atoms with Crippen molar-refractivity contribution in [1.29, 1.82) is 0 Å². The van der Waals surface area contributed by atoms with Crippen LogP contribution in [0.1, 0.15) is 5.56 Å². The quantitative estimate of drug-likeness (QED) is 0.743. The molecule has 0 aliphatic carbocycles. The molecule has 0 aliphatic rings. The maximum absolute atomic E-state index is 5.61. The number of methoxy groups -OCH3 is 3. The van der Waals surface area contributed by atoms with E-state index >= 15 is 0 Å². The van der Waals surface area contributed by atoms with Gasteiger partial charge in [-0.3, -0.25) is 0 Å². The first kappa shape index (κ1) is 12.7. The van der Waals surface area contributed by atoms with Crippen LogP contribution in [0.5, 0.6) is 17.2 Å². The molecule has 0 N–H and O–H groups in total. The fourth-order valence-electron chi connectivity index (χ4n) is 1.36. The molecule has 0 spiro atoms. The third-order valence-corrected chi connectivity index (χ3v) is 2.30. The van der Waals surface area contributed by atoms with Crippen molar-refractivity contribution >= 4 is 17.7 Å². The number of hydrogen-bond donors (Lipinski definition) is 0. The first-order chi connectivity index (χ1) is 7.76. The molecule has 1 rings (SSSR count). The summed E-state index contributed by atoms with van der Waals surface area (Å²) in [6.07, 6.45) is 3.69. The van der Waals surface area contributed by atoms with Crippen molar-refractivity contribution < 1.29 is 14.2 Å². The minimum Gasteiger partial charge on any atom is -0.496 e. The highest BCUT2D eigenvalue weighted by molar-refractivity contribution is 6.19. The Labute approximate surface area is 101 Å². The molecule has 0 saturated carbocycles. The molecule has 0 saturated heterocycles. The summed E-state index contributed by atoms with van der Waals surface area (Å²) in [6.45, 7) is 0. The molecule has 0 aliphatic heterocycles. The standard InChI is InChI=1S/C12H15ClO3/c1-14-9-7-11(15-2)10(5-4-6-13)12(8-9)16-3/h4-5,7-8H,6H2,1-3H3. The fraction of sp³-hybridized carbons (Fsp3) is 0.333. The van der Waals surface area contributed by atoms with Crippen LogP contribution in [0.25, 0.3) is 6.08 Å². The fourth-order valence-corrected chi connectivity index (χ4v) is 1.45. The second kappa shape index (κ2) is 6.28. The van der Waals surface area contributed by atoms with E-state index in [1.165, 1.54) is 0 Å². The highest BCUT2D eigenvalue weighted by atomic mass is 35.5. The second-order valence-electron chi connectivity index (χ2n) is 3.00. The van der Waals surface area contributed by atoms with Crippen molar-refractivity contribution in [3.63, 3.8) is 0 Å². The Morgan fingerprint density at radius 3 is 2.00 bits per heavy atom. The Morgan fingerprint density at radius 1 is 1.06 bits per heavy atom. The molecular weight excluding hydrogens is 228 g/mol. The number of alkyl halides is 1. The molecule has 0 heterocycles. The first-order valence-corrected chi connectivity index (χ1v) is 5.32. The zero-order valence-corrected chi connectivity index (χ0v) is 10.4. The average molecular weight is 243 g/mol. The van der Waals surface area contributed by atoms with Gasteiger partial charge in [0.25, 0.3) is 0 Å².